The van der Waals surface area contributed by atoms with Crippen LogP contribution < -0.4 is 10.1 Å². The van der Waals surface area contributed by atoms with E-state index in [1.165, 1.54) is 5.56 Å². The summed E-state index contributed by atoms with van der Waals surface area (Å²) in [6, 6.07) is 22.7. The van der Waals surface area contributed by atoms with Crippen LogP contribution in [0.3, 0.4) is 0 Å². The molecule has 0 spiro atoms. The average Bonchev–Trinajstić information content (AvgIpc) is 3.35. The first-order valence-electron chi connectivity index (χ1n) is 12.0. The summed E-state index contributed by atoms with van der Waals surface area (Å²) < 4.78 is 11.5. The van der Waals surface area contributed by atoms with Gasteiger partial charge >= 0.3 is 0 Å². The molecule has 4 aromatic rings. The van der Waals surface area contributed by atoms with E-state index in [1.807, 2.05) is 61.5 Å². The average molecular weight is 503 g/mol. The molecule has 0 bridgehead atoms. The third-order valence-corrected chi connectivity index (χ3v) is 6.42. The molecule has 1 atom stereocenters. The predicted molar refractivity (Wildman–Crippen MR) is 139 cm³/mol. The lowest BCUT2D eigenvalue weighted by molar-refractivity contribution is -0.121. The zero-order chi connectivity index (χ0) is 24.9. The standard InChI is InChI=1S/C28H27ClN4O3/c1-19-9-11-20(12-10-19)27-31-26(36-32-27)18-33-15-5-6-21(17-33)28(34)30-24-16-22(29)13-14-25(24)35-23-7-3-2-4-8-23/h2-4,7-14,16,21H,5-6,15,17-18H2,1H3,(H,30,34). The molecule has 36 heavy (non-hydrogen) atoms. The molecule has 1 aliphatic rings. The maximum absolute atomic E-state index is 13.2. The molecule has 184 valence electrons. The molecule has 1 aliphatic heterocycles. The largest absolute Gasteiger partial charge is 0.455 e. The monoisotopic (exact) mass is 502 g/mol. The van der Waals surface area contributed by atoms with Gasteiger partial charge in [0.1, 0.15) is 5.75 Å². The molecule has 1 fully saturated rings. The molecule has 3 aromatic carbocycles. The molecule has 5 rings (SSSR count). The number of ether oxygens (including phenoxy) is 1. The summed E-state index contributed by atoms with van der Waals surface area (Å²) in [5, 5.41) is 7.68. The Kier molecular flexibility index (Phi) is 7.30. The lowest BCUT2D eigenvalue weighted by Gasteiger charge is -2.31. The maximum Gasteiger partial charge on any atom is 0.241 e. The summed E-state index contributed by atoms with van der Waals surface area (Å²) in [6.45, 7) is 4.01. The quantitative estimate of drug-likeness (QED) is 0.317. The number of carbonyl (C=O) groups excluding carboxylic acids is 1. The minimum atomic E-state index is -0.179. The first-order chi connectivity index (χ1) is 17.5. The van der Waals surface area contributed by atoms with E-state index in [9.17, 15) is 4.79 Å². The third-order valence-electron chi connectivity index (χ3n) is 6.18. The van der Waals surface area contributed by atoms with Crippen LogP contribution in [0.1, 0.15) is 24.3 Å². The minimum absolute atomic E-state index is 0.0641. The first kappa shape index (κ1) is 24.0. The van der Waals surface area contributed by atoms with Crippen molar-refractivity contribution in [3.8, 4) is 22.9 Å². The lowest BCUT2D eigenvalue weighted by atomic mass is 9.97. The van der Waals surface area contributed by atoms with Gasteiger partial charge < -0.3 is 14.6 Å². The molecular formula is C28H27ClN4O3. The van der Waals surface area contributed by atoms with E-state index < -0.39 is 0 Å². The minimum Gasteiger partial charge on any atom is -0.455 e. The molecule has 7 nitrogen and oxygen atoms in total. The number of para-hydroxylation sites is 1. The van der Waals surface area contributed by atoms with Gasteiger partial charge in [-0.2, -0.15) is 4.98 Å². The SMILES string of the molecule is Cc1ccc(-c2noc(CN3CCCC(C(=O)Nc4cc(Cl)ccc4Oc4ccccc4)C3)n2)cc1. The van der Waals surface area contributed by atoms with Crippen molar-refractivity contribution in [2.45, 2.75) is 26.3 Å². The van der Waals surface area contributed by atoms with Crippen molar-refractivity contribution in [1.29, 1.82) is 0 Å². The van der Waals surface area contributed by atoms with Gasteiger partial charge in [-0.15, -0.1) is 0 Å². The molecule has 0 aliphatic carbocycles. The van der Waals surface area contributed by atoms with Crippen LogP contribution in [0.25, 0.3) is 11.4 Å². The zero-order valence-electron chi connectivity index (χ0n) is 20.0. The molecule has 1 saturated heterocycles. The van der Waals surface area contributed by atoms with Gasteiger partial charge in [0, 0.05) is 17.1 Å². The second kappa shape index (κ2) is 10.9. The lowest BCUT2D eigenvalue weighted by Crippen LogP contribution is -2.40. The highest BCUT2D eigenvalue weighted by Crippen LogP contribution is 2.33. The number of hydrogen-bond donors (Lipinski definition) is 1. The smallest absolute Gasteiger partial charge is 0.241 e. The van der Waals surface area contributed by atoms with Gasteiger partial charge in [-0.3, -0.25) is 9.69 Å². The molecule has 1 amide bonds. The maximum atomic E-state index is 13.2. The Balaban J connectivity index is 1.23. The number of likely N-dealkylation sites (tertiary alicyclic amines) is 1. The molecular weight excluding hydrogens is 476 g/mol. The first-order valence-corrected chi connectivity index (χ1v) is 12.4. The van der Waals surface area contributed by atoms with E-state index in [0.29, 0.717) is 47.0 Å². The topological polar surface area (TPSA) is 80.5 Å². The molecule has 1 N–H and O–H groups in total. The van der Waals surface area contributed by atoms with E-state index in [4.69, 9.17) is 20.9 Å². The van der Waals surface area contributed by atoms with Crippen LogP contribution in [-0.4, -0.2) is 34.0 Å². The Hall–Kier alpha value is -3.68. The molecule has 8 heteroatoms. The van der Waals surface area contributed by atoms with Gasteiger partial charge in [-0.1, -0.05) is 64.8 Å². The highest BCUT2D eigenvalue weighted by atomic mass is 35.5. The highest BCUT2D eigenvalue weighted by Gasteiger charge is 2.27. The number of rotatable bonds is 7. The van der Waals surface area contributed by atoms with E-state index in [0.717, 1.165) is 24.9 Å². The number of nitrogens with one attached hydrogen (secondary N) is 1. The summed E-state index contributed by atoms with van der Waals surface area (Å²) in [5.74, 6) is 2.10. The van der Waals surface area contributed by atoms with Gasteiger partial charge in [0.15, 0.2) is 5.75 Å². The third kappa shape index (κ3) is 5.93. The Bertz CT molecular complexity index is 1320. The zero-order valence-corrected chi connectivity index (χ0v) is 20.7. The number of nitrogens with zero attached hydrogens (tertiary/aromatic N) is 3. The van der Waals surface area contributed by atoms with Crippen molar-refractivity contribution in [2.75, 3.05) is 18.4 Å². The van der Waals surface area contributed by atoms with E-state index >= 15 is 0 Å². The Morgan fingerprint density at radius 2 is 1.94 bits per heavy atom. The fraction of sp³-hybridized carbons (Fsp3) is 0.250. The number of halogens is 1. The van der Waals surface area contributed by atoms with Gasteiger partial charge in [0.2, 0.25) is 17.6 Å². The van der Waals surface area contributed by atoms with Crippen LogP contribution in [0.4, 0.5) is 5.69 Å². The molecule has 1 unspecified atom stereocenters. The van der Waals surface area contributed by atoms with E-state index in [2.05, 4.69) is 20.4 Å². The van der Waals surface area contributed by atoms with Crippen molar-refractivity contribution in [3.63, 3.8) is 0 Å². The van der Waals surface area contributed by atoms with Crippen LogP contribution in [0.5, 0.6) is 11.5 Å². The van der Waals surface area contributed by atoms with E-state index in [1.54, 1.807) is 18.2 Å². The summed E-state index contributed by atoms with van der Waals surface area (Å²) in [5.41, 5.74) is 2.64. The van der Waals surface area contributed by atoms with Crippen molar-refractivity contribution in [2.24, 2.45) is 5.92 Å². The predicted octanol–water partition coefficient (Wildman–Crippen LogP) is 6.34. The Morgan fingerprint density at radius 1 is 1.14 bits per heavy atom. The van der Waals surface area contributed by atoms with Crippen LogP contribution in [-0.2, 0) is 11.3 Å². The van der Waals surface area contributed by atoms with Crippen molar-refractivity contribution in [3.05, 3.63) is 89.3 Å². The molecule has 2 heterocycles. The molecule has 0 saturated carbocycles. The number of piperidine rings is 1. The molecule has 1 aromatic heterocycles. The van der Waals surface area contributed by atoms with Crippen LogP contribution >= 0.6 is 11.6 Å². The van der Waals surface area contributed by atoms with Crippen LogP contribution in [0.2, 0.25) is 5.02 Å². The summed E-state index contributed by atoms with van der Waals surface area (Å²) >= 11 is 6.22. The van der Waals surface area contributed by atoms with E-state index in [-0.39, 0.29) is 11.8 Å². The number of hydrogen-bond acceptors (Lipinski definition) is 6. The number of anilines is 1. The van der Waals surface area contributed by atoms with Crippen LogP contribution in [0, 0.1) is 12.8 Å². The second-order valence-corrected chi connectivity index (χ2v) is 9.43. The van der Waals surface area contributed by atoms with Crippen molar-refractivity contribution in [1.82, 2.24) is 15.0 Å². The van der Waals surface area contributed by atoms with Crippen LogP contribution in [0.15, 0.2) is 77.3 Å². The van der Waals surface area contributed by atoms with Crippen molar-refractivity contribution >= 4 is 23.2 Å². The Labute approximate surface area is 215 Å². The van der Waals surface area contributed by atoms with Gasteiger partial charge in [0.25, 0.3) is 0 Å². The summed E-state index contributed by atoms with van der Waals surface area (Å²) in [7, 11) is 0. The normalized spacial score (nSPS) is 16.0. The summed E-state index contributed by atoms with van der Waals surface area (Å²) in [6.07, 6.45) is 1.70. The summed E-state index contributed by atoms with van der Waals surface area (Å²) in [4.78, 5) is 19.9. The molecule has 0 radical (unpaired) electrons. The fourth-order valence-electron chi connectivity index (χ4n) is 4.28. The number of carbonyl (C=O) groups is 1. The van der Waals surface area contributed by atoms with Gasteiger partial charge in [0.05, 0.1) is 18.2 Å². The van der Waals surface area contributed by atoms with Gasteiger partial charge in [-0.05, 0) is 56.6 Å². The Morgan fingerprint density at radius 3 is 2.75 bits per heavy atom. The van der Waals surface area contributed by atoms with Gasteiger partial charge in [-0.25, -0.2) is 0 Å². The number of benzene rings is 3. The van der Waals surface area contributed by atoms with Crippen molar-refractivity contribution < 1.29 is 14.1 Å². The number of aromatic nitrogens is 2. The number of aryl methyl sites for hydroxylation is 1. The highest BCUT2D eigenvalue weighted by molar-refractivity contribution is 6.31. The number of amides is 1. The fourth-order valence-corrected chi connectivity index (χ4v) is 4.45. The second-order valence-electron chi connectivity index (χ2n) is 9.00.